The van der Waals surface area contributed by atoms with Gasteiger partial charge in [0.1, 0.15) is 0 Å². The molecule has 0 aromatic carbocycles. The Labute approximate surface area is 67.5 Å². The Morgan fingerprint density at radius 1 is 1.30 bits per heavy atom. The molecule has 0 aromatic heterocycles. The van der Waals surface area contributed by atoms with Crippen LogP contribution in [0.25, 0.3) is 0 Å². The molecule has 0 amide bonds. The molecule has 1 aliphatic rings. The lowest BCUT2D eigenvalue weighted by molar-refractivity contribution is 0.376. The molecule has 1 nitrogen and oxygen atoms in total. The summed E-state index contributed by atoms with van der Waals surface area (Å²) >= 11 is 2.02. The second kappa shape index (κ2) is 4.24. The van der Waals surface area contributed by atoms with Crippen molar-refractivity contribution in [3.63, 3.8) is 0 Å². The lowest BCUT2D eigenvalue weighted by Gasteiger charge is -1.92. The van der Waals surface area contributed by atoms with Crippen LogP contribution in [-0.2, 0) is 4.74 Å². The molecule has 60 valence electrons. The van der Waals surface area contributed by atoms with Crippen LogP contribution in [-0.4, -0.2) is 23.7 Å². The summed E-state index contributed by atoms with van der Waals surface area (Å²) in [6, 6.07) is 0. The molecule has 0 bridgehead atoms. The zero-order valence-corrected chi connectivity index (χ0v) is 7.62. The molecule has 0 saturated carbocycles. The minimum Gasteiger partial charge on any atom is -0.369 e. The van der Waals surface area contributed by atoms with E-state index in [1.165, 1.54) is 24.3 Å². The van der Waals surface area contributed by atoms with Gasteiger partial charge < -0.3 is 4.74 Å². The van der Waals surface area contributed by atoms with Crippen LogP contribution in [0.2, 0.25) is 0 Å². The molecule has 1 rings (SSSR count). The van der Waals surface area contributed by atoms with Crippen molar-refractivity contribution in [2.24, 2.45) is 0 Å². The Kier molecular flexibility index (Phi) is 3.57. The molecular weight excluding hydrogens is 144 g/mol. The van der Waals surface area contributed by atoms with Gasteiger partial charge in [-0.1, -0.05) is 13.8 Å². The number of thioether (sulfide) groups is 1. The summed E-state index contributed by atoms with van der Waals surface area (Å²) in [5, 5.41) is 0. The zero-order chi connectivity index (χ0) is 7.40. The SMILES string of the molecule is CCCSCC1OC1CC. The van der Waals surface area contributed by atoms with Crippen LogP contribution in [0.4, 0.5) is 0 Å². The summed E-state index contributed by atoms with van der Waals surface area (Å²) in [7, 11) is 0. The predicted molar refractivity (Wildman–Crippen MR) is 46.6 cm³/mol. The second-order valence-corrected chi connectivity index (χ2v) is 3.85. The fraction of sp³-hybridized carbons (Fsp3) is 1.00. The van der Waals surface area contributed by atoms with Crippen molar-refractivity contribution in [1.82, 2.24) is 0 Å². The summed E-state index contributed by atoms with van der Waals surface area (Å²) in [5.41, 5.74) is 0. The van der Waals surface area contributed by atoms with Gasteiger partial charge in [-0.2, -0.15) is 11.8 Å². The van der Waals surface area contributed by atoms with Gasteiger partial charge in [0.05, 0.1) is 12.2 Å². The van der Waals surface area contributed by atoms with Crippen LogP contribution in [0, 0.1) is 0 Å². The fourth-order valence-corrected chi connectivity index (χ4v) is 2.01. The van der Waals surface area contributed by atoms with Gasteiger partial charge in [0.15, 0.2) is 0 Å². The first-order chi connectivity index (χ1) is 4.88. The second-order valence-electron chi connectivity index (χ2n) is 2.70. The standard InChI is InChI=1S/C8H16OS/c1-3-5-10-6-8-7(4-2)9-8/h7-8H,3-6H2,1-2H3. The van der Waals surface area contributed by atoms with Crippen molar-refractivity contribution in [3.8, 4) is 0 Å². The maximum Gasteiger partial charge on any atom is 0.0931 e. The molecule has 0 aromatic rings. The highest BCUT2D eigenvalue weighted by Gasteiger charge is 2.36. The smallest absolute Gasteiger partial charge is 0.0931 e. The van der Waals surface area contributed by atoms with E-state index in [0.29, 0.717) is 12.2 Å². The van der Waals surface area contributed by atoms with Crippen LogP contribution in [0.3, 0.4) is 0 Å². The predicted octanol–water partition coefficient (Wildman–Crippen LogP) is 2.31. The molecular formula is C8H16OS. The Morgan fingerprint density at radius 3 is 2.60 bits per heavy atom. The van der Waals surface area contributed by atoms with Crippen LogP contribution in [0.1, 0.15) is 26.7 Å². The highest BCUT2D eigenvalue weighted by molar-refractivity contribution is 7.99. The highest BCUT2D eigenvalue weighted by atomic mass is 32.2. The molecule has 0 N–H and O–H groups in total. The summed E-state index contributed by atoms with van der Waals surface area (Å²) in [4.78, 5) is 0. The van der Waals surface area contributed by atoms with Gasteiger partial charge in [-0.15, -0.1) is 0 Å². The van der Waals surface area contributed by atoms with Gasteiger partial charge in [-0.3, -0.25) is 0 Å². The molecule has 0 aliphatic carbocycles. The maximum absolute atomic E-state index is 5.39. The fourth-order valence-electron chi connectivity index (χ4n) is 1.03. The van der Waals surface area contributed by atoms with Gasteiger partial charge in [-0.05, 0) is 18.6 Å². The molecule has 1 heterocycles. The minimum atomic E-state index is 0.599. The number of rotatable bonds is 5. The molecule has 2 heteroatoms. The van der Waals surface area contributed by atoms with E-state index < -0.39 is 0 Å². The Hall–Kier alpha value is 0.310. The summed E-state index contributed by atoms with van der Waals surface area (Å²) in [6.07, 6.45) is 3.68. The van der Waals surface area contributed by atoms with Gasteiger partial charge in [0, 0.05) is 5.75 Å². The number of epoxide rings is 1. The lowest BCUT2D eigenvalue weighted by Crippen LogP contribution is -1.95. The van der Waals surface area contributed by atoms with E-state index in [1.807, 2.05) is 11.8 Å². The lowest BCUT2D eigenvalue weighted by atomic mass is 10.3. The first-order valence-electron chi connectivity index (χ1n) is 4.11. The van der Waals surface area contributed by atoms with E-state index in [9.17, 15) is 0 Å². The normalized spacial score (nSPS) is 30.6. The van der Waals surface area contributed by atoms with E-state index in [-0.39, 0.29) is 0 Å². The Balaban J connectivity index is 1.87. The largest absolute Gasteiger partial charge is 0.369 e. The third-order valence-corrected chi connectivity index (χ3v) is 2.98. The molecule has 10 heavy (non-hydrogen) atoms. The van der Waals surface area contributed by atoms with E-state index in [1.54, 1.807) is 0 Å². The van der Waals surface area contributed by atoms with E-state index in [0.717, 1.165) is 0 Å². The van der Waals surface area contributed by atoms with Crippen LogP contribution < -0.4 is 0 Å². The number of ether oxygens (including phenoxy) is 1. The molecule has 2 unspecified atom stereocenters. The summed E-state index contributed by atoms with van der Waals surface area (Å²) in [6.45, 7) is 4.41. The van der Waals surface area contributed by atoms with E-state index in [4.69, 9.17) is 4.74 Å². The summed E-state index contributed by atoms with van der Waals surface area (Å²) in [5.74, 6) is 2.50. The average Bonchev–Trinajstić information content (AvgIpc) is 2.68. The maximum atomic E-state index is 5.39. The molecule has 0 radical (unpaired) electrons. The number of hydrogen-bond acceptors (Lipinski definition) is 2. The van der Waals surface area contributed by atoms with Gasteiger partial charge in [-0.25, -0.2) is 0 Å². The third kappa shape index (κ3) is 2.51. The van der Waals surface area contributed by atoms with Crippen molar-refractivity contribution in [3.05, 3.63) is 0 Å². The molecule has 2 atom stereocenters. The Morgan fingerprint density at radius 2 is 2.10 bits per heavy atom. The van der Waals surface area contributed by atoms with Gasteiger partial charge in [0.25, 0.3) is 0 Å². The average molecular weight is 160 g/mol. The topological polar surface area (TPSA) is 12.5 Å². The van der Waals surface area contributed by atoms with Crippen LogP contribution >= 0.6 is 11.8 Å². The van der Waals surface area contributed by atoms with E-state index >= 15 is 0 Å². The molecule has 1 aliphatic heterocycles. The minimum absolute atomic E-state index is 0.599. The molecule has 0 spiro atoms. The van der Waals surface area contributed by atoms with Gasteiger partial charge in [0.2, 0.25) is 0 Å². The van der Waals surface area contributed by atoms with Gasteiger partial charge >= 0.3 is 0 Å². The first-order valence-corrected chi connectivity index (χ1v) is 5.27. The monoisotopic (exact) mass is 160 g/mol. The van der Waals surface area contributed by atoms with Crippen molar-refractivity contribution in [1.29, 1.82) is 0 Å². The van der Waals surface area contributed by atoms with Crippen molar-refractivity contribution < 1.29 is 4.74 Å². The quantitative estimate of drug-likeness (QED) is 0.452. The Bertz CT molecular complexity index is 95.3. The number of hydrogen-bond donors (Lipinski definition) is 0. The zero-order valence-electron chi connectivity index (χ0n) is 6.80. The highest BCUT2D eigenvalue weighted by Crippen LogP contribution is 2.28. The molecule has 1 saturated heterocycles. The van der Waals surface area contributed by atoms with Crippen molar-refractivity contribution >= 4 is 11.8 Å². The van der Waals surface area contributed by atoms with E-state index in [2.05, 4.69) is 13.8 Å². The van der Waals surface area contributed by atoms with Crippen molar-refractivity contribution in [2.45, 2.75) is 38.9 Å². The van der Waals surface area contributed by atoms with Crippen LogP contribution in [0.15, 0.2) is 0 Å². The summed E-state index contributed by atoms with van der Waals surface area (Å²) < 4.78 is 5.39. The third-order valence-electron chi connectivity index (χ3n) is 1.72. The van der Waals surface area contributed by atoms with Crippen molar-refractivity contribution in [2.75, 3.05) is 11.5 Å². The van der Waals surface area contributed by atoms with Crippen LogP contribution in [0.5, 0.6) is 0 Å². The first kappa shape index (κ1) is 8.41. The molecule has 1 fully saturated rings.